The lowest BCUT2D eigenvalue weighted by Gasteiger charge is -2.28. The van der Waals surface area contributed by atoms with Crippen molar-refractivity contribution in [2.45, 2.75) is 32.2 Å². The number of rotatable bonds is 8. The predicted molar refractivity (Wildman–Crippen MR) is 143 cm³/mol. The van der Waals surface area contributed by atoms with Gasteiger partial charge in [0.25, 0.3) is 11.5 Å². The third-order valence-electron chi connectivity index (χ3n) is 6.95. The van der Waals surface area contributed by atoms with Gasteiger partial charge in [0.05, 0.1) is 17.1 Å². The van der Waals surface area contributed by atoms with Crippen LogP contribution in [0.5, 0.6) is 0 Å². The Labute approximate surface area is 218 Å². The summed E-state index contributed by atoms with van der Waals surface area (Å²) in [5.41, 5.74) is 7.73. The van der Waals surface area contributed by atoms with E-state index < -0.39 is 28.8 Å². The summed E-state index contributed by atoms with van der Waals surface area (Å²) in [6.07, 6.45) is 3.14. The summed E-state index contributed by atoms with van der Waals surface area (Å²) in [5.74, 6) is -1.99. The Morgan fingerprint density at radius 2 is 1.89 bits per heavy atom. The molecule has 2 aliphatic rings. The topological polar surface area (TPSA) is 109 Å². The lowest BCUT2D eigenvalue weighted by molar-refractivity contribution is 0.102. The van der Waals surface area contributed by atoms with Crippen LogP contribution in [0.4, 0.5) is 25.8 Å². The summed E-state index contributed by atoms with van der Waals surface area (Å²) in [5, 5.41) is 13.0. The van der Waals surface area contributed by atoms with Gasteiger partial charge in [-0.25, -0.2) is 8.78 Å². The van der Waals surface area contributed by atoms with Crippen molar-refractivity contribution in [3.8, 4) is 5.69 Å². The maximum absolute atomic E-state index is 14.3. The number of benzene rings is 2. The van der Waals surface area contributed by atoms with Crippen LogP contribution in [0.25, 0.3) is 5.69 Å². The van der Waals surface area contributed by atoms with Gasteiger partial charge in [-0.05, 0) is 68.0 Å². The molecule has 3 aromatic rings. The van der Waals surface area contributed by atoms with Crippen molar-refractivity contribution < 1.29 is 13.6 Å². The molecule has 11 heteroatoms. The third kappa shape index (κ3) is 5.01. The van der Waals surface area contributed by atoms with Crippen molar-refractivity contribution in [3.05, 3.63) is 75.7 Å². The number of nitrogens with one attached hydrogen (secondary N) is 1. The smallest absolute Gasteiger partial charge is 0.276 e. The van der Waals surface area contributed by atoms with E-state index in [1.54, 1.807) is 6.07 Å². The number of para-hydroxylation sites is 1. The third-order valence-corrected chi connectivity index (χ3v) is 6.95. The fraction of sp³-hybridized carbons (Fsp3) is 0.333. The van der Waals surface area contributed by atoms with Gasteiger partial charge in [0, 0.05) is 38.5 Å². The molecule has 1 saturated heterocycles. The largest absolute Gasteiger partial charge is 0.368 e. The van der Waals surface area contributed by atoms with Crippen molar-refractivity contribution in [2.75, 3.05) is 34.9 Å². The molecule has 1 aromatic heterocycles. The molecule has 1 atom stereocenters. The molecule has 1 aliphatic heterocycles. The molecular formula is C27H29F2N7O2. The molecule has 2 fully saturated rings. The Morgan fingerprint density at radius 1 is 1.16 bits per heavy atom. The molecule has 38 heavy (non-hydrogen) atoms. The first kappa shape index (κ1) is 25.5. The van der Waals surface area contributed by atoms with Gasteiger partial charge < -0.3 is 16.0 Å². The molecule has 2 aromatic carbocycles. The summed E-state index contributed by atoms with van der Waals surface area (Å²) < 4.78 is 29.2. The quantitative estimate of drug-likeness (QED) is 0.347. The number of halogens is 2. The highest BCUT2D eigenvalue weighted by Crippen LogP contribution is 2.40. The predicted octanol–water partition coefficient (Wildman–Crippen LogP) is 3.44. The Bertz CT molecular complexity index is 1430. The van der Waals surface area contributed by atoms with Gasteiger partial charge in [0.1, 0.15) is 11.4 Å². The molecule has 9 nitrogen and oxygen atoms in total. The number of carbonyl (C=O) groups excluding carboxylic acids is 1. The molecule has 0 unspecified atom stereocenters. The van der Waals surface area contributed by atoms with Crippen LogP contribution in [-0.4, -0.2) is 48.1 Å². The molecule has 0 spiro atoms. The van der Waals surface area contributed by atoms with Gasteiger partial charge >= 0.3 is 0 Å². The molecule has 3 N–H and O–H groups in total. The summed E-state index contributed by atoms with van der Waals surface area (Å²) in [6, 6.07) is 9.15. The first-order valence-corrected chi connectivity index (χ1v) is 12.5. The molecule has 5 rings (SSSR count). The number of aromatic nitrogens is 2. The number of anilines is 3. The minimum Gasteiger partial charge on any atom is -0.368 e. The second-order valence-corrected chi connectivity index (χ2v) is 9.76. The summed E-state index contributed by atoms with van der Waals surface area (Å²) in [4.78, 5) is 27.8. The van der Waals surface area contributed by atoms with Crippen molar-refractivity contribution >= 4 is 29.7 Å². The van der Waals surface area contributed by atoms with E-state index in [9.17, 15) is 18.4 Å². The minimum absolute atomic E-state index is 0.00240. The number of amides is 1. The second-order valence-electron chi connectivity index (χ2n) is 9.76. The van der Waals surface area contributed by atoms with Crippen LogP contribution in [0.1, 0.15) is 35.3 Å². The maximum atomic E-state index is 14.3. The van der Waals surface area contributed by atoms with Gasteiger partial charge in [0.2, 0.25) is 0 Å². The number of nitrogens with two attached hydrogens (primary N) is 1. The van der Waals surface area contributed by atoms with E-state index in [0.717, 1.165) is 48.1 Å². The zero-order valence-electron chi connectivity index (χ0n) is 21.0. The van der Waals surface area contributed by atoms with Crippen molar-refractivity contribution in [1.29, 1.82) is 0 Å². The Morgan fingerprint density at radius 3 is 2.53 bits per heavy atom. The summed E-state index contributed by atoms with van der Waals surface area (Å²) >= 11 is 0. The number of carbonyl (C=O) groups is 1. The van der Waals surface area contributed by atoms with Gasteiger partial charge in [-0.15, -0.1) is 0 Å². The zero-order valence-corrected chi connectivity index (χ0v) is 21.0. The van der Waals surface area contributed by atoms with E-state index in [1.807, 2.05) is 18.0 Å². The van der Waals surface area contributed by atoms with E-state index >= 15 is 0 Å². The van der Waals surface area contributed by atoms with Gasteiger partial charge in [0.15, 0.2) is 11.6 Å². The van der Waals surface area contributed by atoms with E-state index in [1.165, 1.54) is 25.0 Å². The number of hydrazone groups is 1. The Balaban J connectivity index is 1.50. The van der Waals surface area contributed by atoms with Crippen LogP contribution >= 0.6 is 0 Å². The standard InChI is InChI=1S/C27H29F2N7O2/c1-16-23(35(31-2)14-17-6-7-17)10-8-21(25(16)34-13-12-18(30)15-34)32-27(38)22-9-11-24(37)36(33-22)26-19(28)4-3-5-20(26)29/h3-5,8-11,17-18H,2,6-7,12-15,30H2,1H3,(H,32,38)/t18-/m1/s1. The summed E-state index contributed by atoms with van der Waals surface area (Å²) in [7, 11) is 0. The highest BCUT2D eigenvalue weighted by atomic mass is 19.1. The molecule has 0 radical (unpaired) electrons. The SMILES string of the molecule is C=NN(CC1CC1)c1ccc(NC(=O)c2ccc(=O)n(-c3c(F)cccc3F)n2)c(N2CC[C@@H](N)C2)c1C. The molecule has 198 valence electrons. The van der Waals surface area contributed by atoms with E-state index in [4.69, 9.17) is 5.73 Å². The average Bonchev–Trinajstić information content (AvgIpc) is 3.61. The fourth-order valence-electron chi connectivity index (χ4n) is 4.82. The molecule has 1 aliphatic carbocycles. The molecule has 0 bridgehead atoms. The fourth-order valence-corrected chi connectivity index (χ4v) is 4.82. The molecule has 1 saturated carbocycles. The Kier molecular flexibility index (Phi) is 6.94. The lowest BCUT2D eigenvalue weighted by Crippen LogP contribution is -2.29. The van der Waals surface area contributed by atoms with Crippen LogP contribution in [-0.2, 0) is 0 Å². The normalized spacial score (nSPS) is 16.9. The molecule has 1 amide bonds. The van der Waals surface area contributed by atoms with Crippen molar-refractivity contribution in [3.63, 3.8) is 0 Å². The molecule has 2 heterocycles. The zero-order chi connectivity index (χ0) is 27.0. The monoisotopic (exact) mass is 521 g/mol. The van der Waals surface area contributed by atoms with Crippen LogP contribution in [0, 0.1) is 24.5 Å². The molecular weight excluding hydrogens is 492 g/mol. The van der Waals surface area contributed by atoms with Crippen LogP contribution < -0.4 is 26.5 Å². The number of hydrogen-bond acceptors (Lipinski definition) is 7. The average molecular weight is 522 g/mol. The Hall–Kier alpha value is -4.12. The van der Waals surface area contributed by atoms with E-state index in [2.05, 4.69) is 27.1 Å². The second kappa shape index (κ2) is 10.3. The van der Waals surface area contributed by atoms with Crippen LogP contribution in [0.3, 0.4) is 0 Å². The maximum Gasteiger partial charge on any atom is 0.276 e. The van der Waals surface area contributed by atoms with Crippen molar-refractivity contribution in [1.82, 2.24) is 9.78 Å². The van der Waals surface area contributed by atoms with Gasteiger partial charge in [-0.2, -0.15) is 14.9 Å². The minimum atomic E-state index is -0.970. The number of hydrogen-bond donors (Lipinski definition) is 2. The van der Waals surface area contributed by atoms with Crippen molar-refractivity contribution in [2.24, 2.45) is 16.8 Å². The first-order valence-electron chi connectivity index (χ1n) is 12.5. The lowest BCUT2D eigenvalue weighted by atomic mass is 10.1. The summed E-state index contributed by atoms with van der Waals surface area (Å²) in [6.45, 7) is 7.82. The van der Waals surface area contributed by atoms with Crippen LogP contribution in [0.15, 0.2) is 52.4 Å². The highest BCUT2D eigenvalue weighted by Gasteiger charge is 2.29. The van der Waals surface area contributed by atoms with Gasteiger partial charge in [-0.1, -0.05) is 6.07 Å². The van der Waals surface area contributed by atoms with Crippen LogP contribution in [0.2, 0.25) is 0 Å². The number of nitrogens with zero attached hydrogens (tertiary/aromatic N) is 5. The van der Waals surface area contributed by atoms with E-state index in [0.29, 0.717) is 29.4 Å². The van der Waals surface area contributed by atoms with Gasteiger partial charge in [-0.3, -0.25) is 14.6 Å². The van der Waals surface area contributed by atoms with E-state index in [-0.39, 0.29) is 11.7 Å². The highest BCUT2D eigenvalue weighted by molar-refractivity contribution is 6.05. The first-order chi connectivity index (χ1) is 18.3.